The summed E-state index contributed by atoms with van der Waals surface area (Å²) >= 11 is 1.43. The molecule has 3 N–H and O–H groups in total. The van der Waals surface area contributed by atoms with Crippen LogP contribution in [0.5, 0.6) is 0 Å². The van der Waals surface area contributed by atoms with E-state index < -0.39 is 12.1 Å². The van der Waals surface area contributed by atoms with Crippen molar-refractivity contribution in [2.24, 2.45) is 11.3 Å². The lowest BCUT2D eigenvalue weighted by Gasteiger charge is -2.51. The molecule has 4 unspecified atom stereocenters. The number of nitrogens with zero attached hydrogens (tertiary/aromatic N) is 2. The van der Waals surface area contributed by atoms with Crippen molar-refractivity contribution in [2.45, 2.75) is 51.3 Å². The van der Waals surface area contributed by atoms with Gasteiger partial charge in [0.15, 0.2) is 0 Å². The molecule has 0 saturated carbocycles. The number of hydrogen-bond acceptors (Lipinski definition) is 6. The summed E-state index contributed by atoms with van der Waals surface area (Å²) in [6.45, 7) is 7.03. The highest BCUT2D eigenvalue weighted by Gasteiger charge is 2.51. The smallest absolute Gasteiger partial charge is 0.327 e. The fourth-order valence-corrected chi connectivity index (χ4v) is 5.37. The molecule has 32 heavy (non-hydrogen) atoms. The van der Waals surface area contributed by atoms with Crippen LogP contribution in [0.4, 0.5) is 4.79 Å². The van der Waals surface area contributed by atoms with Crippen molar-refractivity contribution >= 4 is 29.6 Å². The molecule has 2 aliphatic heterocycles. The number of amides is 4. The molecule has 4 amide bonds. The maximum absolute atomic E-state index is 13.0. The van der Waals surface area contributed by atoms with Crippen molar-refractivity contribution in [3.8, 4) is 0 Å². The van der Waals surface area contributed by atoms with Crippen LogP contribution in [0.2, 0.25) is 0 Å². The number of urea groups is 1. The molecule has 3 rings (SSSR count). The van der Waals surface area contributed by atoms with Gasteiger partial charge in [-0.15, -0.1) is 11.8 Å². The van der Waals surface area contributed by atoms with E-state index in [1.54, 1.807) is 11.9 Å². The lowest BCUT2D eigenvalue weighted by atomic mass is 9.88. The van der Waals surface area contributed by atoms with Gasteiger partial charge in [-0.25, -0.2) is 4.79 Å². The van der Waals surface area contributed by atoms with Gasteiger partial charge < -0.3 is 10.2 Å². The van der Waals surface area contributed by atoms with Gasteiger partial charge in [-0.3, -0.25) is 25.1 Å². The van der Waals surface area contributed by atoms with E-state index in [2.05, 4.69) is 36.7 Å². The second-order valence-electron chi connectivity index (χ2n) is 9.73. The van der Waals surface area contributed by atoms with Crippen LogP contribution in [0, 0.1) is 11.3 Å². The molecule has 2 aliphatic rings. The minimum atomic E-state index is -0.471. The molecule has 0 aliphatic carbocycles. The van der Waals surface area contributed by atoms with Gasteiger partial charge in [0.2, 0.25) is 11.8 Å². The average molecular weight is 462 g/mol. The summed E-state index contributed by atoms with van der Waals surface area (Å²) in [7, 11) is 3.23. The predicted molar refractivity (Wildman–Crippen MR) is 127 cm³/mol. The first-order chi connectivity index (χ1) is 15.1. The van der Waals surface area contributed by atoms with Crippen LogP contribution < -0.4 is 16.0 Å². The van der Waals surface area contributed by atoms with Crippen LogP contribution >= 0.6 is 11.8 Å². The van der Waals surface area contributed by atoms with Gasteiger partial charge in [0, 0.05) is 20.6 Å². The minimum Gasteiger partial charge on any atom is -0.355 e. The standard InChI is InChI=1S/C23H35N5O3S/c1-23(2,3)13-16-25-19-18(21(30)28(5)22(31)27(19)4)20(26-16)32-14-17(29)24-12-11-15-9-7-6-8-10-15/h6-10,16,18-20,25-26H,11-14H2,1-5H3,(H,24,29). The van der Waals surface area contributed by atoms with E-state index in [-0.39, 0.29) is 40.6 Å². The number of fused-ring (bicyclic) bond motifs is 1. The van der Waals surface area contributed by atoms with E-state index in [4.69, 9.17) is 0 Å². The van der Waals surface area contributed by atoms with E-state index in [9.17, 15) is 14.4 Å². The lowest BCUT2D eigenvalue weighted by molar-refractivity contribution is -0.140. The quantitative estimate of drug-likeness (QED) is 0.574. The fourth-order valence-electron chi connectivity index (χ4n) is 4.21. The Morgan fingerprint density at radius 2 is 1.81 bits per heavy atom. The Morgan fingerprint density at radius 3 is 2.47 bits per heavy atom. The number of hydrogen-bond donors (Lipinski definition) is 3. The van der Waals surface area contributed by atoms with Crippen LogP contribution in [0.15, 0.2) is 30.3 Å². The largest absolute Gasteiger partial charge is 0.355 e. The zero-order valence-electron chi connectivity index (χ0n) is 19.6. The molecule has 9 heteroatoms. The molecule has 1 aromatic rings. The Morgan fingerprint density at radius 1 is 1.12 bits per heavy atom. The van der Waals surface area contributed by atoms with Crippen LogP contribution in [-0.4, -0.2) is 71.7 Å². The summed E-state index contributed by atoms with van der Waals surface area (Å²) in [5.41, 5.74) is 1.23. The second kappa shape index (κ2) is 10.2. The van der Waals surface area contributed by atoms with Gasteiger partial charge in [-0.05, 0) is 23.8 Å². The maximum atomic E-state index is 13.0. The first-order valence-electron chi connectivity index (χ1n) is 11.1. The van der Waals surface area contributed by atoms with Crippen molar-refractivity contribution < 1.29 is 14.4 Å². The fraction of sp³-hybridized carbons (Fsp3) is 0.609. The molecule has 0 bridgehead atoms. The monoisotopic (exact) mass is 461 g/mol. The number of nitrogens with one attached hydrogen (secondary N) is 3. The topological polar surface area (TPSA) is 93.8 Å². The number of carbonyl (C=O) groups excluding carboxylic acids is 3. The molecule has 2 fully saturated rings. The summed E-state index contributed by atoms with van der Waals surface area (Å²) in [6.07, 6.45) is 1.12. The summed E-state index contributed by atoms with van der Waals surface area (Å²) in [5, 5.41) is 9.65. The predicted octanol–water partition coefficient (Wildman–Crippen LogP) is 1.83. The Labute approximate surface area is 194 Å². The van der Waals surface area contributed by atoms with Crippen LogP contribution in [0.3, 0.4) is 0 Å². The molecular formula is C23H35N5O3S. The number of imide groups is 1. The minimum absolute atomic E-state index is 0.0551. The van der Waals surface area contributed by atoms with Gasteiger partial charge in [0.25, 0.3) is 0 Å². The second-order valence-corrected chi connectivity index (χ2v) is 10.9. The van der Waals surface area contributed by atoms with Crippen molar-refractivity contribution in [1.29, 1.82) is 0 Å². The Bertz CT molecular complexity index is 829. The SMILES string of the molecule is CN1C(=O)C2C(SCC(=O)NCCc3ccccc3)NC(CC(C)(C)C)NC2N(C)C1=O. The van der Waals surface area contributed by atoms with E-state index in [1.807, 2.05) is 30.3 Å². The van der Waals surface area contributed by atoms with Gasteiger partial charge in [0.05, 0.1) is 29.4 Å². The highest BCUT2D eigenvalue weighted by Crippen LogP contribution is 2.33. The molecule has 176 valence electrons. The highest BCUT2D eigenvalue weighted by molar-refractivity contribution is 8.00. The molecule has 8 nitrogen and oxygen atoms in total. The molecule has 0 spiro atoms. The first kappa shape index (κ1) is 24.5. The van der Waals surface area contributed by atoms with Gasteiger partial charge in [-0.2, -0.15) is 0 Å². The van der Waals surface area contributed by atoms with E-state index >= 15 is 0 Å². The van der Waals surface area contributed by atoms with Crippen LogP contribution in [0.25, 0.3) is 0 Å². The molecule has 0 radical (unpaired) electrons. The summed E-state index contributed by atoms with van der Waals surface area (Å²) in [4.78, 5) is 40.7. The zero-order chi connectivity index (χ0) is 23.5. The lowest BCUT2D eigenvalue weighted by Crippen LogP contribution is -2.74. The summed E-state index contributed by atoms with van der Waals surface area (Å²) in [6, 6.07) is 9.71. The van der Waals surface area contributed by atoms with Crippen molar-refractivity contribution in [2.75, 3.05) is 26.4 Å². The van der Waals surface area contributed by atoms with E-state index in [1.165, 1.54) is 29.3 Å². The van der Waals surface area contributed by atoms with Crippen LogP contribution in [0.1, 0.15) is 32.8 Å². The first-order valence-corrected chi connectivity index (χ1v) is 12.1. The highest BCUT2D eigenvalue weighted by atomic mass is 32.2. The average Bonchev–Trinajstić information content (AvgIpc) is 2.74. The molecule has 2 saturated heterocycles. The third-order valence-electron chi connectivity index (χ3n) is 5.81. The van der Waals surface area contributed by atoms with E-state index in [0.717, 1.165) is 12.8 Å². The Hall–Kier alpha value is -2.10. The maximum Gasteiger partial charge on any atom is 0.327 e. The van der Waals surface area contributed by atoms with Crippen molar-refractivity contribution in [3.05, 3.63) is 35.9 Å². The molecular weight excluding hydrogens is 426 g/mol. The molecule has 2 heterocycles. The number of rotatable bonds is 7. The van der Waals surface area contributed by atoms with E-state index in [0.29, 0.717) is 6.54 Å². The Balaban J connectivity index is 1.63. The molecule has 4 atom stereocenters. The molecule has 0 aromatic heterocycles. The summed E-state index contributed by atoms with van der Waals surface area (Å²) in [5.74, 6) is -0.515. The zero-order valence-corrected chi connectivity index (χ0v) is 20.4. The summed E-state index contributed by atoms with van der Waals surface area (Å²) < 4.78 is 0. The van der Waals surface area contributed by atoms with Gasteiger partial charge in [0.1, 0.15) is 0 Å². The number of benzene rings is 1. The van der Waals surface area contributed by atoms with Crippen molar-refractivity contribution in [1.82, 2.24) is 25.8 Å². The third-order valence-corrected chi connectivity index (χ3v) is 7.03. The number of thioether (sulfide) groups is 1. The van der Waals surface area contributed by atoms with Gasteiger partial charge >= 0.3 is 6.03 Å². The van der Waals surface area contributed by atoms with Crippen molar-refractivity contribution in [3.63, 3.8) is 0 Å². The Kier molecular flexibility index (Phi) is 7.84. The molecule has 1 aromatic carbocycles. The van der Waals surface area contributed by atoms with Crippen LogP contribution in [-0.2, 0) is 16.0 Å². The normalized spacial score (nSPS) is 26.2. The van der Waals surface area contributed by atoms with Gasteiger partial charge in [-0.1, -0.05) is 51.1 Å². The number of carbonyl (C=O) groups is 3. The third kappa shape index (κ3) is 6.02.